The predicted molar refractivity (Wildman–Crippen MR) is 87.4 cm³/mol. The van der Waals surface area contributed by atoms with Gasteiger partial charge in [-0.2, -0.15) is 11.3 Å². The lowest BCUT2D eigenvalue weighted by atomic mass is 10.0. The highest BCUT2D eigenvalue weighted by atomic mass is 32.1. The molecule has 116 valence electrons. The van der Waals surface area contributed by atoms with Crippen LogP contribution in [0.15, 0.2) is 41.1 Å². The summed E-state index contributed by atoms with van der Waals surface area (Å²) < 4.78 is 5.23. The van der Waals surface area contributed by atoms with Gasteiger partial charge < -0.3 is 10.1 Å². The monoisotopic (exact) mass is 317 g/mol. The van der Waals surface area contributed by atoms with Gasteiger partial charge in [0.15, 0.2) is 0 Å². The Hall–Kier alpha value is -2.14. The fourth-order valence-electron chi connectivity index (χ4n) is 1.88. The van der Waals surface area contributed by atoms with Crippen molar-refractivity contribution in [2.24, 2.45) is 0 Å². The van der Waals surface area contributed by atoms with Crippen molar-refractivity contribution in [2.75, 3.05) is 6.54 Å². The van der Waals surface area contributed by atoms with E-state index in [-0.39, 0.29) is 24.8 Å². The van der Waals surface area contributed by atoms with Gasteiger partial charge in [0.05, 0.1) is 6.42 Å². The zero-order chi connectivity index (χ0) is 15.9. The van der Waals surface area contributed by atoms with Gasteiger partial charge in [0.25, 0.3) is 5.91 Å². The third kappa shape index (κ3) is 4.70. The van der Waals surface area contributed by atoms with Crippen LogP contribution in [0.1, 0.15) is 42.1 Å². The molecule has 0 fully saturated rings. The number of hydrogen-bond acceptors (Lipinski definition) is 4. The first-order valence-electron chi connectivity index (χ1n) is 7.17. The summed E-state index contributed by atoms with van der Waals surface area (Å²) in [4.78, 5) is 23.4. The number of rotatable bonds is 6. The average molecular weight is 317 g/mol. The Morgan fingerprint density at radius 3 is 2.50 bits per heavy atom. The van der Waals surface area contributed by atoms with Gasteiger partial charge in [-0.1, -0.05) is 26.0 Å². The smallest absolute Gasteiger partial charge is 0.312 e. The molecule has 0 atom stereocenters. The summed E-state index contributed by atoms with van der Waals surface area (Å²) in [5.41, 5.74) is 1.81. The highest BCUT2D eigenvalue weighted by Crippen LogP contribution is 2.18. The molecule has 0 unspecified atom stereocenters. The summed E-state index contributed by atoms with van der Waals surface area (Å²) in [7, 11) is 0. The highest BCUT2D eigenvalue weighted by molar-refractivity contribution is 7.08. The van der Waals surface area contributed by atoms with Crippen LogP contribution >= 0.6 is 11.3 Å². The lowest BCUT2D eigenvalue weighted by Crippen LogP contribution is -2.26. The van der Waals surface area contributed by atoms with Gasteiger partial charge in [-0.05, 0) is 35.1 Å². The molecule has 0 bridgehead atoms. The number of esters is 1. The summed E-state index contributed by atoms with van der Waals surface area (Å²) in [6.07, 6.45) is 0.141. The molecule has 1 heterocycles. The number of carbonyl (C=O) groups excluding carboxylic acids is 2. The van der Waals surface area contributed by atoms with Crippen LogP contribution in [0.2, 0.25) is 0 Å². The minimum absolute atomic E-state index is 0.141. The number of benzene rings is 1. The minimum Gasteiger partial charge on any atom is -0.426 e. The molecule has 0 aliphatic heterocycles. The highest BCUT2D eigenvalue weighted by Gasteiger charge is 2.08. The quantitative estimate of drug-likeness (QED) is 0.654. The van der Waals surface area contributed by atoms with Crippen molar-refractivity contribution in [1.82, 2.24) is 5.32 Å². The molecular weight excluding hydrogens is 298 g/mol. The second-order valence-electron chi connectivity index (χ2n) is 5.22. The predicted octanol–water partition coefficient (Wildman–Crippen LogP) is 3.60. The zero-order valence-corrected chi connectivity index (χ0v) is 13.5. The van der Waals surface area contributed by atoms with Crippen molar-refractivity contribution in [1.29, 1.82) is 0 Å². The van der Waals surface area contributed by atoms with Crippen molar-refractivity contribution < 1.29 is 14.3 Å². The lowest BCUT2D eigenvalue weighted by molar-refractivity contribution is -0.134. The molecule has 0 spiro atoms. The maximum absolute atomic E-state index is 11.7. The fraction of sp³-hybridized carbons (Fsp3) is 0.294. The van der Waals surface area contributed by atoms with Crippen molar-refractivity contribution in [3.63, 3.8) is 0 Å². The fourth-order valence-corrected chi connectivity index (χ4v) is 2.51. The van der Waals surface area contributed by atoms with Crippen molar-refractivity contribution in [3.05, 3.63) is 52.2 Å². The number of nitrogens with one attached hydrogen (secondary N) is 1. The SMILES string of the molecule is CC(C)c1ccc(OC(=O)CCNC(=O)c2ccsc2)cc1. The topological polar surface area (TPSA) is 55.4 Å². The Kier molecular flexibility index (Phi) is 5.72. The van der Waals surface area contributed by atoms with Gasteiger partial charge in [0, 0.05) is 17.5 Å². The third-order valence-corrected chi connectivity index (χ3v) is 3.86. The average Bonchev–Trinajstić information content (AvgIpc) is 3.02. The summed E-state index contributed by atoms with van der Waals surface area (Å²) in [6, 6.07) is 9.22. The molecule has 2 aromatic rings. The molecule has 0 radical (unpaired) electrons. The molecule has 1 N–H and O–H groups in total. The standard InChI is InChI=1S/C17H19NO3S/c1-12(2)13-3-5-15(6-4-13)21-16(19)7-9-18-17(20)14-8-10-22-11-14/h3-6,8,10-12H,7,9H2,1-2H3,(H,18,20). The number of thiophene rings is 1. The summed E-state index contributed by atoms with van der Waals surface area (Å²) in [6.45, 7) is 4.48. The Morgan fingerprint density at radius 1 is 1.18 bits per heavy atom. The van der Waals surface area contributed by atoms with Gasteiger partial charge >= 0.3 is 5.97 Å². The van der Waals surface area contributed by atoms with Gasteiger partial charge in [0.2, 0.25) is 0 Å². The lowest BCUT2D eigenvalue weighted by Gasteiger charge is -2.08. The van der Waals surface area contributed by atoms with Crippen LogP contribution in [0.3, 0.4) is 0 Å². The van der Waals surface area contributed by atoms with E-state index >= 15 is 0 Å². The largest absolute Gasteiger partial charge is 0.426 e. The van der Waals surface area contributed by atoms with E-state index in [4.69, 9.17) is 4.74 Å². The van der Waals surface area contributed by atoms with Crippen molar-refractivity contribution in [2.45, 2.75) is 26.2 Å². The maximum Gasteiger partial charge on any atom is 0.312 e. The second kappa shape index (κ2) is 7.75. The van der Waals surface area contributed by atoms with Gasteiger partial charge in [-0.3, -0.25) is 9.59 Å². The van der Waals surface area contributed by atoms with Crippen molar-refractivity contribution in [3.8, 4) is 5.75 Å². The first-order chi connectivity index (χ1) is 10.6. The van der Waals surface area contributed by atoms with E-state index in [1.165, 1.54) is 16.9 Å². The number of carbonyl (C=O) groups is 2. The van der Waals surface area contributed by atoms with E-state index in [0.29, 0.717) is 17.2 Å². The molecule has 4 nitrogen and oxygen atoms in total. The first kappa shape index (κ1) is 16.2. The minimum atomic E-state index is -0.358. The number of hydrogen-bond donors (Lipinski definition) is 1. The Balaban J connectivity index is 1.75. The Bertz CT molecular complexity index is 618. The molecule has 0 aliphatic rings. The van der Waals surface area contributed by atoms with Crippen LogP contribution in [0.4, 0.5) is 0 Å². The number of amides is 1. The Labute approximate surface area is 134 Å². The molecule has 22 heavy (non-hydrogen) atoms. The van der Waals surface area contributed by atoms with E-state index in [1.807, 2.05) is 17.5 Å². The van der Waals surface area contributed by atoms with Crippen LogP contribution < -0.4 is 10.1 Å². The van der Waals surface area contributed by atoms with Crippen LogP contribution in [-0.4, -0.2) is 18.4 Å². The maximum atomic E-state index is 11.7. The van der Waals surface area contributed by atoms with E-state index < -0.39 is 0 Å². The first-order valence-corrected chi connectivity index (χ1v) is 8.11. The molecule has 2 rings (SSSR count). The molecule has 0 aliphatic carbocycles. The van der Waals surface area contributed by atoms with E-state index in [0.717, 1.165) is 0 Å². The summed E-state index contributed by atoms with van der Waals surface area (Å²) >= 11 is 1.46. The summed E-state index contributed by atoms with van der Waals surface area (Å²) in [5.74, 6) is 0.439. The zero-order valence-electron chi connectivity index (χ0n) is 12.7. The van der Waals surface area contributed by atoms with Gasteiger partial charge in [0.1, 0.15) is 5.75 Å². The van der Waals surface area contributed by atoms with E-state index in [9.17, 15) is 9.59 Å². The molecule has 1 aromatic heterocycles. The van der Waals surface area contributed by atoms with E-state index in [1.54, 1.807) is 23.6 Å². The summed E-state index contributed by atoms with van der Waals surface area (Å²) in [5, 5.41) is 6.30. The van der Waals surface area contributed by atoms with Crippen LogP contribution in [-0.2, 0) is 4.79 Å². The molecule has 0 saturated carbocycles. The van der Waals surface area contributed by atoms with Crippen LogP contribution in [0.5, 0.6) is 5.75 Å². The number of ether oxygens (including phenoxy) is 1. The molecular formula is C17H19NO3S. The van der Waals surface area contributed by atoms with Crippen LogP contribution in [0, 0.1) is 0 Å². The second-order valence-corrected chi connectivity index (χ2v) is 6.00. The normalized spacial score (nSPS) is 10.5. The molecule has 1 aromatic carbocycles. The van der Waals surface area contributed by atoms with Gasteiger partial charge in [-0.15, -0.1) is 0 Å². The molecule has 0 saturated heterocycles. The molecule has 1 amide bonds. The van der Waals surface area contributed by atoms with E-state index in [2.05, 4.69) is 19.2 Å². The third-order valence-electron chi connectivity index (χ3n) is 3.18. The van der Waals surface area contributed by atoms with Gasteiger partial charge in [-0.25, -0.2) is 0 Å². The Morgan fingerprint density at radius 2 is 1.91 bits per heavy atom. The molecule has 5 heteroatoms. The van der Waals surface area contributed by atoms with Crippen LogP contribution in [0.25, 0.3) is 0 Å². The van der Waals surface area contributed by atoms with Crippen molar-refractivity contribution >= 4 is 23.2 Å².